The second-order valence-electron chi connectivity index (χ2n) is 6.31. The van der Waals surface area contributed by atoms with Crippen molar-refractivity contribution < 1.29 is 13.2 Å². The van der Waals surface area contributed by atoms with E-state index in [9.17, 15) is 13.2 Å². The Morgan fingerprint density at radius 3 is 2.44 bits per heavy atom. The summed E-state index contributed by atoms with van der Waals surface area (Å²) in [5, 5.41) is 2.65. The number of nitrogens with zero attached hydrogens (tertiary/aromatic N) is 1. The molecule has 6 heteroatoms. The summed E-state index contributed by atoms with van der Waals surface area (Å²) < 4.78 is 27.6. The number of nitrogens with one attached hydrogen (secondary N) is 1. The molecule has 2 aromatic carbocycles. The van der Waals surface area contributed by atoms with Crippen LogP contribution in [0.3, 0.4) is 0 Å². The van der Waals surface area contributed by atoms with E-state index in [0.29, 0.717) is 12.2 Å². The van der Waals surface area contributed by atoms with Crippen molar-refractivity contribution in [3.63, 3.8) is 0 Å². The minimum absolute atomic E-state index is 0.0116. The van der Waals surface area contributed by atoms with Crippen molar-refractivity contribution in [2.24, 2.45) is 0 Å². The molecule has 132 valence electrons. The molecule has 0 radical (unpaired) electrons. The molecule has 1 amide bonds. The summed E-state index contributed by atoms with van der Waals surface area (Å²) in [4.78, 5) is 11.3. The van der Waals surface area contributed by atoms with E-state index in [0.717, 1.165) is 24.8 Å². The Kier molecular flexibility index (Phi) is 5.20. The van der Waals surface area contributed by atoms with Crippen LogP contribution in [0.2, 0.25) is 0 Å². The highest BCUT2D eigenvalue weighted by molar-refractivity contribution is 7.89. The van der Waals surface area contributed by atoms with Gasteiger partial charge in [-0.3, -0.25) is 4.79 Å². The molecule has 1 aliphatic heterocycles. The Balaban J connectivity index is 1.79. The molecule has 0 spiro atoms. The van der Waals surface area contributed by atoms with Crippen LogP contribution in [0, 0.1) is 0 Å². The molecule has 25 heavy (non-hydrogen) atoms. The number of carbonyl (C=O) groups excluding carboxylic acids is 1. The van der Waals surface area contributed by atoms with Crippen LogP contribution in [0.1, 0.15) is 25.3 Å². The van der Waals surface area contributed by atoms with Crippen LogP contribution in [-0.2, 0) is 21.2 Å². The zero-order valence-corrected chi connectivity index (χ0v) is 15.0. The van der Waals surface area contributed by atoms with Gasteiger partial charge in [-0.25, -0.2) is 8.42 Å². The highest BCUT2D eigenvalue weighted by Gasteiger charge is 2.35. The number of hydrogen-bond donors (Lipinski definition) is 1. The van der Waals surface area contributed by atoms with Crippen molar-refractivity contribution in [2.75, 3.05) is 11.9 Å². The summed E-state index contributed by atoms with van der Waals surface area (Å²) in [5.41, 5.74) is 1.74. The molecule has 1 heterocycles. The SMILES string of the molecule is CC(=O)Nc1ccc(S(=O)(=O)N2CCCC2Cc2ccccc2)cc1. The van der Waals surface area contributed by atoms with Crippen molar-refractivity contribution >= 4 is 21.6 Å². The number of benzene rings is 2. The van der Waals surface area contributed by atoms with Crippen molar-refractivity contribution in [3.05, 3.63) is 60.2 Å². The summed E-state index contributed by atoms with van der Waals surface area (Å²) in [6.45, 7) is 1.97. The van der Waals surface area contributed by atoms with Gasteiger partial charge in [0.05, 0.1) is 4.90 Å². The zero-order chi connectivity index (χ0) is 17.9. The molecule has 0 saturated carbocycles. The Bertz CT molecular complexity index is 833. The Morgan fingerprint density at radius 1 is 1.12 bits per heavy atom. The fourth-order valence-electron chi connectivity index (χ4n) is 3.26. The number of carbonyl (C=O) groups is 1. The maximum Gasteiger partial charge on any atom is 0.243 e. The summed E-state index contributed by atoms with van der Waals surface area (Å²) in [6.07, 6.45) is 2.48. The minimum atomic E-state index is -3.53. The van der Waals surface area contributed by atoms with E-state index < -0.39 is 10.0 Å². The summed E-state index contributed by atoms with van der Waals surface area (Å²) in [5.74, 6) is -0.182. The predicted octanol–water partition coefficient (Wildman–Crippen LogP) is 3.04. The summed E-state index contributed by atoms with van der Waals surface area (Å²) >= 11 is 0. The average molecular weight is 358 g/mol. The topological polar surface area (TPSA) is 66.5 Å². The third-order valence-electron chi connectivity index (χ3n) is 4.42. The monoisotopic (exact) mass is 358 g/mol. The lowest BCUT2D eigenvalue weighted by molar-refractivity contribution is -0.114. The molecule has 5 nitrogen and oxygen atoms in total. The Morgan fingerprint density at radius 2 is 1.80 bits per heavy atom. The van der Waals surface area contributed by atoms with Gasteiger partial charge in [-0.1, -0.05) is 30.3 Å². The van der Waals surface area contributed by atoms with Crippen LogP contribution in [-0.4, -0.2) is 31.2 Å². The first kappa shape index (κ1) is 17.6. The molecule has 1 unspecified atom stereocenters. The van der Waals surface area contributed by atoms with Crippen LogP contribution in [0.4, 0.5) is 5.69 Å². The maximum atomic E-state index is 13.0. The van der Waals surface area contributed by atoms with Crippen LogP contribution >= 0.6 is 0 Å². The minimum Gasteiger partial charge on any atom is -0.326 e. The van der Waals surface area contributed by atoms with Crippen molar-refractivity contribution in [2.45, 2.75) is 37.1 Å². The normalized spacial score (nSPS) is 18.2. The molecule has 3 rings (SSSR count). The van der Waals surface area contributed by atoms with E-state index in [-0.39, 0.29) is 16.8 Å². The van der Waals surface area contributed by atoms with Gasteiger partial charge in [0.1, 0.15) is 0 Å². The van der Waals surface area contributed by atoms with Gasteiger partial charge >= 0.3 is 0 Å². The van der Waals surface area contributed by atoms with Gasteiger partial charge in [0.15, 0.2) is 0 Å². The van der Waals surface area contributed by atoms with Gasteiger partial charge in [0.25, 0.3) is 0 Å². The Labute approximate surface area is 148 Å². The molecular formula is C19H22N2O3S. The predicted molar refractivity (Wildman–Crippen MR) is 97.8 cm³/mol. The smallest absolute Gasteiger partial charge is 0.243 e. The van der Waals surface area contributed by atoms with Crippen LogP contribution < -0.4 is 5.32 Å². The van der Waals surface area contributed by atoms with E-state index in [1.807, 2.05) is 30.3 Å². The second-order valence-corrected chi connectivity index (χ2v) is 8.20. The Hall–Kier alpha value is -2.18. The van der Waals surface area contributed by atoms with Crippen molar-refractivity contribution in [1.82, 2.24) is 4.31 Å². The molecule has 0 aliphatic carbocycles. The largest absolute Gasteiger partial charge is 0.326 e. The van der Waals surface area contributed by atoms with Gasteiger partial charge in [0.2, 0.25) is 15.9 Å². The molecule has 1 fully saturated rings. The third kappa shape index (κ3) is 4.08. The highest BCUT2D eigenvalue weighted by atomic mass is 32.2. The maximum absolute atomic E-state index is 13.0. The zero-order valence-electron chi connectivity index (χ0n) is 14.2. The van der Waals surface area contributed by atoms with E-state index in [2.05, 4.69) is 5.32 Å². The average Bonchev–Trinajstić information content (AvgIpc) is 3.05. The van der Waals surface area contributed by atoms with Crippen molar-refractivity contribution in [1.29, 1.82) is 0 Å². The number of sulfonamides is 1. The van der Waals surface area contributed by atoms with Gasteiger partial charge in [0, 0.05) is 25.2 Å². The second kappa shape index (κ2) is 7.37. The summed E-state index contributed by atoms with van der Waals surface area (Å²) in [6, 6.07) is 16.3. The molecule has 1 atom stereocenters. The first-order valence-electron chi connectivity index (χ1n) is 8.40. The lowest BCUT2D eigenvalue weighted by atomic mass is 10.1. The van der Waals surface area contributed by atoms with Gasteiger partial charge < -0.3 is 5.32 Å². The standard InChI is InChI=1S/C19H22N2O3S/c1-15(22)20-17-9-11-19(12-10-17)25(23,24)21-13-5-8-18(21)14-16-6-3-2-4-7-16/h2-4,6-7,9-12,18H,5,8,13-14H2,1H3,(H,20,22). The number of amides is 1. The van der Waals surface area contributed by atoms with Gasteiger partial charge in [-0.15, -0.1) is 0 Å². The molecule has 1 saturated heterocycles. The first-order valence-corrected chi connectivity index (χ1v) is 9.84. The van der Waals surface area contributed by atoms with Crippen LogP contribution in [0.25, 0.3) is 0 Å². The van der Waals surface area contributed by atoms with E-state index in [4.69, 9.17) is 0 Å². The molecular weight excluding hydrogens is 336 g/mol. The van der Waals surface area contributed by atoms with Crippen LogP contribution in [0.15, 0.2) is 59.5 Å². The van der Waals surface area contributed by atoms with E-state index in [1.54, 1.807) is 28.6 Å². The highest BCUT2D eigenvalue weighted by Crippen LogP contribution is 2.28. The number of hydrogen-bond acceptors (Lipinski definition) is 3. The third-order valence-corrected chi connectivity index (χ3v) is 6.38. The lowest BCUT2D eigenvalue weighted by Gasteiger charge is -2.24. The summed E-state index contributed by atoms with van der Waals surface area (Å²) in [7, 11) is -3.53. The molecule has 1 aliphatic rings. The molecule has 0 bridgehead atoms. The fourth-order valence-corrected chi connectivity index (χ4v) is 4.96. The number of anilines is 1. The molecule has 0 aromatic heterocycles. The molecule has 2 aromatic rings. The van der Waals surface area contributed by atoms with Gasteiger partial charge in [-0.2, -0.15) is 4.31 Å². The quantitative estimate of drug-likeness (QED) is 0.893. The van der Waals surface area contributed by atoms with Crippen LogP contribution in [0.5, 0.6) is 0 Å². The fraction of sp³-hybridized carbons (Fsp3) is 0.316. The van der Waals surface area contributed by atoms with Crippen molar-refractivity contribution in [3.8, 4) is 0 Å². The van der Waals surface area contributed by atoms with Gasteiger partial charge in [-0.05, 0) is 49.1 Å². The first-order chi connectivity index (χ1) is 12.0. The lowest BCUT2D eigenvalue weighted by Crippen LogP contribution is -2.36. The van der Waals surface area contributed by atoms with E-state index >= 15 is 0 Å². The molecule has 1 N–H and O–H groups in total. The number of rotatable bonds is 5. The van der Waals surface area contributed by atoms with E-state index in [1.165, 1.54) is 6.92 Å².